The van der Waals surface area contributed by atoms with E-state index in [0.29, 0.717) is 17.5 Å². The third-order valence-electron chi connectivity index (χ3n) is 4.41. The summed E-state index contributed by atoms with van der Waals surface area (Å²) in [4.78, 5) is 29.9. The summed E-state index contributed by atoms with van der Waals surface area (Å²) in [7, 11) is -3.27. The molecule has 11 nitrogen and oxygen atoms in total. The van der Waals surface area contributed by atoms with Crippen LogP contribution in [-0.4, -0.2) is 78.7 Å². The molecule has 1 aromatic carbocycles. The molecule has 0 unspecified atom stereocenters. The predicted molar refractivity (Wildman–Crippen MR) is 103 cm³/mol. The van der Waals surface area contributed by atoms with Gasteiger partial charge in [-0.2, -0.15) is 9.29 Å². The van der Waals surface area contributed by atoms with Gasteiger partial charge in [-0.3, -0.25) is 4.79 Å². The Bertz CT molecular complexity index is 996. The van der Waals surface area contributed by atoms with E-state index in [1.807, 2.05) is 0 Å². The van der Waals surface area contributed by atoms with Crippen molar-refractivity contribution in [3.05, 3.63) is 41.5 Å². The standard InChI is InChI=1S/C18H22N4O7S/c1-13-19-16(20-29-13)11-27-15-5-3-14(4-6-15)18(24)28-12-17(23)21-7-9-22(10-8-21)30(2,25)26/h3-6H,7-12H2,1-2H3. The zero-order valence-corrected chi connectivity index (χ0v) is 17.4. The molecule has 162 valence electrons. The summed E-state index contributed by atoms with van der Waals surface area (Å²) in [6.45, 7) is 2.37. The number of sulfonamides is 1. The lowest BCUT2D eigenvalue weighted by Crippen LogP contribution is -2.51. The van der Waals surface area contributed by atoms with Crippen molar-refractivity contribution < 1.29 is 32.0 Å². The van der Waals surface area contributed by atoms with Crippen LogP contribution in [0, 0.1) is 6.92 Å². The number of amides is 1. The maximum atomic E-state index is 12.2. The first-order valence-electron chi connectivity index (χ1n) is 9.14. The molecule has 1 aromatic heterocycles. The van der Waals surface area contributed by atoms with Crippen LogP contribution < -0.4 is 4.74 Å². The van der Waals surface area contributed by atoms with Gasteiger partial charge in [0.25, 0.3) is 5.91 Å². The maximum Gasteiger partial charge on any atom is 0.338 e. The quantitative estimate of drug-likeness (QED) is 0.557. The van der Waals surface area contributed by atoms with Gasteiger partial charge in [-0.05, 0) is 24.3 Å². The van der Waals surface area contributed by atoms with E-state index in [9.17, 15) is 18.0 Å². The van der Waals surface area contributed by atoms with Gasteiger partial charge < -0.3 is 18.9 Å². The van der Waals surface area contributed by atoms with Crippen molar-refractivity contribution in [2.45, 2.75) is 13.5 Å². The topological polar surface area (TPSA) is 132 Å². The smallest absolute Gasteiger partial charge is 0.338 e. The number of hydrogen-bond acceptors (Lipinski definition) is 9. The van der Waals surface area contributed by atoms with E-state index in [-0.39, 0.29) is 44.3 Å². The van der Waals surface area contributed by atoms with E-state index in [0.717, 1.165) is 6.26 Å². The van der Waals surface area contributed by atoms with E-state index >= 15 is 0 Å². The first-order valence-corrected chi connectivity index (χ1v) is 11.0. The van der Waals surface area contributed by atoms with E-state index in [1.165, 1.54) is 21.3 Å². The van der Waals surface area contributed by atoms with Gasteiger partial charge in [0.1, 0.15) is 5.75 Å². The van der Waals surface area contributed by atoms with Gasteiger partial charge in [0.2, 0.25) is 21.7 Å². The van der Waals surface area contributed by atoms with Gasteiger partial charge in [-0.15, -0.1) is 0 Å². The first kappa shape index (κ1) is 21.7. The molecule has 0 aliphatic carbocycles. The third-order valence-corrected chi connectivity index (χ3v) is 5.72. The third kappa shape index (κ3) is 5.76. The van der Waals surface area contributed by atoms with Gasteiger partial charge in [-0.1, -0.05) is 5.16 Å². The molecule has 0 saturated carbocycles. The van der Waals surface area contributed by atoms with Crippen LogP contribution in [-0.2, 0) is 26.2 Å². The SMILES string of the molecule is Cc1nc(COc2ccc(C(=O)OCC(=O)N3CCN(S(C)(=O)=O)CC3)cc2)no1. The molecule has 12 heteroatoms. The average Bonchev–Trinajstić information content (AvgIpc) is 3.15. The van der Waals surface area contributed by atoms with Gasteiger partial charge in [0.15, 0.2) is 13.2 Å². The highest BCUT2D eigenvalue weighted by molar-refractivity contribution is 7.88. The number of esters is 1. The van der Waals surface area contributed by atoms with Crippen molar-refractivity contribution >= 4 is 21.9 Å². The Morgan fingerprint density at radius 3 is 2.37 bits per heavy atom. The molecule has 0 bridgehead atoms. The summed E-state index contributed by atoms with van der Waals surface area (Å²) < 4.78 is 39.8. The Hall–Kier alpha value is -2.99. The molecule has 30 heavy (non-hydrogen) atoms. The Labute approximate surface area is 173 Å². The second-order valence-electron chi connectivity index (χ2n) is 6.66. The molecule has 1 amide bonds. The summed E-state index contributed by atoms with van der Waals surface area (Å²) in [5.41, 5.74) is 0.271. The van der Waals surface area contributed by atoms with Crippen LogP contribution in [0.15, 0.2) is 28.8 Å². The molecule has 1 aliphatic heterocycles. The second-order valence-corrected chi connectivity index (χ2v) is 8.64. The predicted octanol–water partition coefficient (Wildman–Crippen LogP) is 0.218. The van der Waals surface area contributed by atoms with E-state index in [2.05, 4.69) is 10.1 Å². The summed E-state index contributed by atoms with van der Waals surface area (Å²) in [5, 5.41) is 3.72. The molecule has 0 spiro atoms. The minimum absolute atomic E-state index is 0.127. The van der Waals surface area contributed by atoms with Crippen LogP contribution in [0.3, 0.4) is 0 Å². The van der Waals surface area contributed by atoms with Gasteiger partial charge in [0.05, 0.1) is 11.8 Å². The molecular weight excluding hydrogens is 416 g/mol. The van der Waals surface area contributed by atoms with E-state index < -0.39 is 22.6 Å². The van der Waals surface area contributed by atoms with Crippen molar-refractivity contribution in [2.24, 2.45) is 0 Å². The maximum absolute atomic E-state index is 12.2. The summed E-state index contributed by atoms with van der Waals surface area (Å²) in [6, 6.07) is 6.23. The lowest BCUT2D eigenvalue weighted by Gasteiger charge is -2.33. The van der Waals surface area contributed by atoms with Gasteiger partial charge >= 0.3 is 5.97 Å². The average molecular weight is 438 g/mol. The van der Waals surface area contributed by atoms with Crippen LogP contribution in [0.4, 0.5) is 0 Å². The molecule has 0 atom stereocenters. The Morgan fingerprint density at radius 1 is 1.13 bits per heavy atom. The lowest BCUT2D eigenvalue weighted by atomic mass is 10.2. The van der Waals surface area contributed by atoms with Crippen LogP contribution in [0.1, 0.15) is 22.1 Å². The monoisotopic (exact) mass is 438 g/mol. The molecular formula is C18H22N4O7S. The number of aryl methyl sites for hydroxylation is 1. The fraction of sp³-hybridized carbons (Fsp3) is 0.444. The molecule has 1 saturated heterocycles. The minimum atomic E-state index is -3.27. The zero-order valence-electron chi connectivity index (χ0n) is 16.6. The fourth-order valence-electron chi connectivity index (χ4n) is 2.81. The molecule has 2 heterocycles. The Morgan fingerprint density at radius 2 is 1.80 bits per heavy atom. The Kier molecular flexibility index (Phi) is 6.67. The number of hydrogen-bond donors (Lipinski definition) is 0. The highest BCUT2D eigenvalue weighted by atomic mass is 32.2. The van der Waals surface area contributed by atoms with Crippen LogP contribution in [0.5, 0.6) is 5.75 Å². The largest absolute Gasteiger partial charge is 0.485 e. The van der Waals surface area contributed by atoms with E-state index in [1.54, 1.807) is 19.1 Å². The highest BCUT2D eigenvalue weighted by Gasteiger charge is 2.26. The highest BCUT2D eigenvalue weighted by Crippen LogP contribution is 2.14. The van der Waals surface area contributed by atoms with Crippen LogP contribution in [0.2, 0.25) is 0 Å². The van der Waals surface area contributed by atoms with Crippen LogP contribution in [0.25, 0.3) is 0 Å². The first-order chi connectivity index (χ1) is 14.2. The van der Waals surface area contributed by atoms with Crippen molar-refractivity contribution in [3.8, 4) is 5.75 Å². The Balaban J connectivity index is 1.44. The molecule has 3 rings (SSSR count). The molecule has 1 fully saturated rings. The number of piperazine rings is 1. The zero-order chi connectivity index (χ0) is 21.7. The number of carbonyl (C=O) groups excluding carboxylic acids is 2. The summed E-state index contributed by atoms with van der Waals surface area (Å²) in [5.74, 6) is 0.351. The summed E-state index contributed by atoms with van der Waals surface area (Å²) >= 11 is 0. The van der Waals surface area contributed by atoms with Gasteiger partial charge in [-0.25, -0.2) is 13.2 Å². The molecule has 0 radical (unpaired) electrons. The van der Waals surface area contributed by atoms with Crippen molar-refractivity contribution in [1.29, 1.82) is 0 Å². The second kappa shape index (κ2) is 9.22. The number of nitrogens with zero attached hydrogens (tertiary/aromatic N) is 4. The fourth-order valence-corrected chi connectivity index (χ4v) is 3.63. The number of ether oxygens (including phenoxy) is 2. The number of benzene rings is 1. The van der Waals surface area contributed by atoms with Crippen LogP contribution >= 0.6 is 0 Å². The number of rotatable bonds is 7. The van der Waals surface area contributed by atoms with Crippen molar-refractivity contribution in [3.63, 3.8) is 0 Å². The minimum Gasteiger partial charge on any atom is -0.485 e. The van der Waals surface area contributed by atoms with E-state index in [4.69, 9.17) is 14.0 Å². The van der Waals surface area contributed by atoms with Crippen molar-refractivity contribution in [2.75, 3.05) is 39.0 Å². The number of carbonyl (C=O) groups is 2. The molecule has 0 N–H and O–H groups in total. The van der Waals surface area contributed by atoms with Gasteiger partial charge in [0, 0.05) is 33.1 Å². The van der Waals surface area contributed by atoms with Crippen molar-refractivity contribution in [1.82, 2.24) is 19.3 Å². The molecule has 1 aliphatic rings. The normalized spacial score (nSPS) is 15.1. The molecule has 2 aromatic rings. The number of aromatic nitrogens is 2. The lowest BCUT2D eigenvalue weighted by molar-refractivity contribution is -0.135. The summed E-state index contributed by atoms with van der Waals surface area (Å²) in [6.07, 6.45) is 1.13.